The first-order valence-electron chi connectivity index (χ1n) is 6.09. The number of anilines is 1. The first-order chi connectivity index (χ1) is 8.72. The molecule has 18 heavy (non-hydrogen) atoms. The Kier molecular flexibility index (Phi) is 3.03. The van der Waals surface area contributed by atoms with Gasteiger partial charge in [-0.3, -0.25) is 0 Å². The predicted molar refractivity (Wildman–Crippen MR) is 62.9 cm³/mol. The molecule has 1 N–H and O–H groups in total. The van der Waals surface area contributed by atoms with Crippen molar-refractivity contribution < 1.29 is 13.5 Å². The number of pyridine rings is 1. The van der Waals surface area contributed by atoms with Crippen LogP contribution < -0.4 is 15.0 Å². The predicted octanol–water partition coefficient (Wildman–Crippen LogP) is 1.34. The highest BCUT2D eigenvalue weighted by molar-refractivity contribution is 5.42. The average Bonchev–Trinajstić information content (AvgIpc) is 2.89. The molecule has 4 nitrogen and oxygen atoms in total. The highest BCUT2D eigenvalue weighted by Gasteiger charge is 2.36. The molecule has 0 unspecified atom stereocenters. The third-order valence-electron chi connectivity index (χ3n) is 3.66. The van der Waals surface area contributed by atoms with E-state index < -0.39 is 6.61 Å². The largest absolute Gasteiger partial charge is 0.433 e. The number of aromatic nitrogens is 1. The standard InChI is InChI=1S/C12H15F2N3O/c13-12(14)18-10-1-2-11(16-5-10)17-6-8-3-15-4-9(8)7-17/h1-2,5,8-9,12,15H,3-4,6-7H2/t8-,9+. The van der Waals surface area contributed by atoms with E-state index in [9.17, 15) is 8.78 Å². The van der Waals surface area contributed by atoms with E-state index in [0.717, 1.165) is 32.0 Å². The van der Waals surface area contributed by atoms with Crippen molar-refractivity contribution in [1.29, 1.82) is 0 Å². The van der Waals surface area contributed by atoms with Crippen LogP contribution in [0.25, 0.3) is 0 Å². The molecule has 2 aliphatic rings. The van der Waals surface area contributed by atoms with Crippen molar-refractivity contribution in [2.24, 2.45) is 11.8 Å². The van der Waals surface area contributed by atoms with Crippen LogP contribution >= 0.6 is 0 Å². The van der Waals surface area contributed by atoms with Gasteiger partial charge in [-0.15, -0.1) is 0 Å². The Bertz CT molecular complexity index is 400. The quantitative estimate of drug-likeness (QED) is 0.884. The number of fused-ring (bicyclic) bond motifs is 1. The third kappa shape index (κ3) is 2.25. The molecule has 98 valence electrons. The minimum Gasteiger partial charge on any atom is -0.433 e. The van der Waals surface area contributed by atoms with Crippen LogP contribution in [0.1, 0.15) is 0 Å². The van der Waals surface area contributed by atoms with Crippen molar-refractivity contribution in [1.82, 2.24) is 10.3 Å². The number of nitrogens with zero attached hydrogens (tertiary/aromatic N) is 2. The summed E-state index contributed by atoms with van der Waals surface area (Å²) in [6.07, 6.45) is 1.36. The van der Waals surface area contributed by atoms with Gasteiger partial charge in [-0.2, -0.15) is 8.78 Å². The Morgan fingerprint density at radius 1 is 1.28 bits per heavy atom. The fraction of sp³-hybridized carbons (Fsp3) is 0.583. The number of hydrogen-bond acceptors (Lipinski definition) is 4. The maximum absolute atomic E-state index is 12.0. The van der Waals surface area contributed by atoms with Crippen molar-refractivity contribution in [2.75, 3.05) is 31.1 Å². The highest BCUT2D eigenvalue weighted by Crippen LogP contribution is 2.30. The van der Waals surface area contributed by atoms with Gasteiger partial charge in [-0.1, -0.05) is 0 Å². The minimum atomic E-state index is -2.80. The summed E-state index contributed by atoms with van der Waals surface area (Å²) in [5.41, 5.74) is 0. The maximum atomic E-state index is 12.0. The van der Waals surface area contributed by atoms with Gasteiger partial charge in [0.1, 0.15) is 11.6 Å². The Labute approximate surface area is 104 Å². The van der Waals surface area contributed by atoms with E-state index in [1.54, 1.807) is 12.1 Å². The second kappa shape index (κ2) is 4.68. The first kappa shape index (κ1) is 11.6. The van der Waals surface area contributed by atoms with Gasteiger partial charge in [0, 0.05) is 26.2 Å². The fourth-order valence-corrected chi connectivity index (χ4v) is 2.77. The SMILES string of the molecule is FC(F)Oc1ccc(N2C[C@H]3CNC[C@H]3C2)nc1. The summed E-state index contributed by atoms with van der Waals surface area (Å²) >= 11 is 0. The molecule has 1 aromatic heterocycles. The molecule has 2 atom stereocenters. The molecule has 0 aliphatic carbocycles. The Hall–Kier alpha value is -1.43. The molecule has 3 rings (SSSR count). The molecule has 3 heterocycles. The second-order valence-electron chi connectivity index (χ2n) is 4.81. The van der Waals surface area contributed by atoms with Gasteiger partial charge < -0.3 is 15.0 Å². The smallest absolute Gasteiger partial charge is 0.387 e. The van der Waals surface area contributed by atoms with Crippen LogP contribution in [0, 0.1) is 11.8 Å². The first-order valence-corrected chi connectivity index (χ1v) is 6.09. The van der Waals surface area contributed by atoms with Crippen LogP contribution in [0.5, 0.6) is 5.75 Å². The summed E-state index contributed by atoms with van der Waals surface area (Å²) < 4.78 is 28.3. The lowest BCUT2D eigenvalue weighted by atomic mass is 10.0. The average molecular weight is 255 g/mol. The summed E-state index contributed by atoms with van der Waals surface area (Å²) in [6, 6.07) is 3.28. The molecular weight excluding hydrogens is 240 g/mol. The van der Waals surface area contributed by atoms with Crippen LogP contribution in [0.2, 0.25) is 0 Å². The van der Waals surface area contributed by atoms with Crippen molar-refractivity contribution in [3.8, 4) is 5.75 Å². The fourth-order valence-electron chi connectivity index (χ4n) is 2.77. The van der Waals surface area contributed by atoms with Gasteiger partial charge in [0.15, 0.2) is 0 Å². The molecule has 0 bridgehead atoms. The summed E-state index contributed by atoms with van der Waals surface area (Å²) in [5, 5.41) is 3.38. The number of nitrogens with one attached hydrogen (secondary N) is 1. The topological polar surface area (TPSA) is 37.4 Å². The number of halogens is 2. The zero-order chi connectivity index (χ0) is 12.5. The van der Waals surface area contributed by atoms with E-state index in [0.29, 0.717) is 11.8 Å². The highest BCUT2D eigenvalue weighted by atomic mass is 19.3. The number of alkyl halides is 2. The number of hydrogen-bond donors (Lipinski definition) is 1. The van der Waals surface area contributed by atoms with Crippen molar-refractivity contribution >= 4 is 5.82 Å². The number of rotatable bonds is 3. The van der Waals surface area contributed by atoms with Crippen LogP contribution in [0.3, 0.4) is 0 Å². The van der Waals surface area contributed by atoms with Gasteiger partial charge in [-0.25, -0.2) is 4.98 Å². The van der Waals surface area contributed by atoms with Crippen molar-refractivity contribution in [2.45, 2.75) is 6.61 Å². The Morgan fingerprint density at radius 2 is 2.00 bits per heavy atom. The van der Waals surface area contributed by atoms with Crippen molar-refractivity contribution in [3.05, 3.63) is 18.3 Å². The monoisotopic (exact) mass is 255 g/mol. The maximum Gasteiger partial charge on any atom is 0.387 e. The Morgan fingerprint density at radius 3 is 2.56 bits per heavy atom. The molecule has 2 fully saturated rings. The molecule has 2 saturated heterocycles. The van der Waals surface area contributed by atoms with Crippen LogP contribution in [-0.2, 0) is 0 Å². The zero-order valence-electron chi connectivity index (χ0n) is 9.85. The lowest BCUT2D eigenvalue weighted by Gasteiger charge is -2.18. The van der Waals surface area contributed by atoms with Gasteiger partial charge in [0.2, 0.25) is 0 Å². The summed E-state index contributed by atoms with van der Waals surface area (Å²) in [4.78, 5) is 6.40. The van der Waals surface area contributed by atoms with Crippen molar-refractivity contribution in [3.63, 3.8) is 0 Å². The molecule has 0 amide bonds. The lowest BCUT2D eigenvalue weighted by Crippen LogP contribution is -2.26. The minimum absolute atomic E-state index is 0.106. The van der Waals surface area contributed by atoms with Gasteiger partial charge >= 0.3 is 6.61 Å². The van der Waals surface area contributed by atoms with Crippen LogP contribution in [0.15, 0.2) is 18.3 Å². The van der Waals surface area contributed by atoms with E-state index in [1.807, 2.05) is 0 Å². The molecular formula is C12H15F2N3O. The number of ether oxygens (including phenoxy) is 1. The molecule has 0 aromatic carbocycles. The molecule has 0 saturated carbocycles. The van der Waals surface area contributed by atoms with Crippen LogP contribution in [0.4, 0.5) is 14.6 Å². The summed E-state index contributed by atoms with van der Waals surface area (Å²) in [7, 11) is 0. The van der Waals surface area contributed by atoms with Gasteiger partial charge in [0.25, 0.3) is 0 Å². The van der Waals surface area contributed by atoms with E-state index >= 15 is 0 Å². The Balaban J connectivity index is 1.66. The molecule has 1 aromatic rings. The summed E-state index contributed by atoms with van der Waals surface area (Å²) in [5.74, 6) is 2.31. The lowest BCUT2D eigenvalue weighted by molar-refractivity contribution is -0.0500. The van der Waals surface area contributed by atoms with E-state index in [2.05, 4.69) is 19.9 Å². The molecule has 0 radical (unpaired) electrons. The molecule has 0 spiro atoms. The third-order valence-corrected chi connectivity index (χ3v) is 3.66. The van der Waals surface area contributed by atoms with E-state index in [1.165, 1.54) is 6.20 Å². The summed E-state index contributed by atoms with van der Waals surface area (Å²) in [6.45, 7) is 1.30. The van der Waals surface area contributed by atoms with Gasteiger partial charge in [0.05, 0.1) is 6.20 Å². The normalized spacial score (nSPS) is 26.7. The van der Waals surface area contributed by atoms with E-state index in [-0.39, 0.29) is 5.75 Å². The molecule has 2 aliphatic heterocycles. The van der Waals surface area contributed by atoms with E-state index in [4.69, 9.17) is 0 Å². The van der Waals surface area contributed by atoms with Gasteiger partial charge in [-0.05, 0) is 24.0 Å². The second-order valence-corrected chi connectivity index (χ2v) is 4.81. The zero-order valence-corrected chi connectivity index (χ0v) is 9.85. The molecule has 6 heteroatoms. The van der Waals surface area contributed by atoms with Crippen LogP contribution in [-0.4, -0.2) is 37.8 Å².